The van der Waals surface area contributed by atoms with Gasteiger partial charge in [0.05, 0.1) is 16.1 Å². The van der Waals surface area contributed by atoms with Crippen LogP contribution >= 0.6 is 0 Å². The summed E-state index contributed by atoms with van der Waals surface area (Å²) in [7, 11) is -2.35. The number of amides is 1. The summed E-state index contributed by atoms with van der Waals surface area (Å²) in [4.78, 5) is 13.5. The van der Waals surface area contributed by atoms with Gasteiger partial charge in [-0.3, -0.25) is 9.10 Å². The summed E-state index contributed by atoms with van der Waals surface area (Å²) in [5.74, 6) is -0.352. The fourth-order valence-electron chi connectivity index (χ4n) is 4.48. The summed E-state index contributed by atoms with van der Waals surface area (Å²) in [6.45, 7) is 1.90. The van der Waals surface area contributed by atoms with Crippen molar-refractivity contribution in [2.24, 2.45) is 0 Å². The third kappa shape index (κ3) is 3.66. The Hall–Kier alpha value is -3.64. The van der Waals surface area contributed by atoms with Gasteiger partial charge in [-0.2, -0.15) is 0 Å². The summed E-state index contributed by atoms with van der Waals surface area (Å²) < 4.78 is 27.6. The van der Waals surface area contributed by atoms with E-state index in [9.17, 15) is 13.2 Å². The number of nitrogens with one attached hydrogen (secondary N) is 1. The molecule has 0 aliphatic heterocycles. The standard InChI is InChI=1S/C27H24N2O3S/c1-18-10-15-21(16-11-18)33(31,32)29(2)25-9-4-3-7-23(25)27(30)28-24-17-14-20-13-12-19-6-5-8-22(24)26(19)20/h3-11,14-17H,12-13H2,1-2H3,(H,28,30). The van der Waals surface area contributed by atoms with Crippen LogP contribution in [0.5, 0.6) is 0 Å². The molecule has 6 heteroatoms. The Morgan fingerprint density at radius 1 is 0.848 bits per heavy atom. The van der Waals surface area contributed by atoms with Crippen molar-refractivity contribution in [2.45, 2.75) is 24.7 Å². The highest BCUT2D eigenvalue weighted by Gasteiger charge is 2.25. The Morgan fingerprint density at radius 3 is 2.30 bits per heavy atom. The van der Waals surface area contributed by atoms with Crippen LogP contribution in [0.15, 0.2) is 83.8 Å². The lowest BCUT2D eigenvalue weighted by atomic mass is 10.0. The minimum absolute atomic E-state index is 0.179. The molecule has 1 aliphatic carbocycles. The molecule has 0 radical (unpaired) electrons. The maximum absolute atomic E-state index is 13.3. The zero-order valence-corrected chi connectivity index (χ0v) is 19.3. The molecular weight excluding hydrogens is 432 g/mol. The Labute approximate surface area is 193 Å². The molecule has 1 amide bonds. The van der Waals surface area contributed by atoms with Gasteiger partial charge < -0.3 is 5.32 Å². The van der Waals surface area contributed by atoms with Crippen LogP contribution in [0, 0.1) is 6.92 Å². The van der Waals surface area contributed by atoms with Crippen molar-refractivity contribution in [1.82, 2.24) is 0 Å². The van der Waals surface area contributed by atoms with E-state index in [-0.39, 0.29) is 10.8 Å². The van der Waals surface area contributed by atoms with Crippen molar-refractivity contribution < 1.29 is 13.2 Å². The number of aryl methyl sites for hydroxylation is 3. The molecule has 5 rings (SSSR count). The molecule has 166 valence electrons. The number of rotatable bonds is 5. The Morgan fingerprint density at radius 2 is 1.55 bits per heavy atom. The molecule has 0 heterocycles. The fraction of sp³-hybridized carbons (Fsp3) is 0.148. The number of benzene rings is 4. The number of para-hydroxylation sites is 1. The van der Waals surface area contributed by atoms with Crippen LogP contribution in [0.3, 0.4) is 0 Å². The van der Waals surface area contributed by atoms with Crippen LogP contribution in [0.4, 0.5) is 11.4 Å². The number of hydrogen-bond donors (Lipinski definition) is 1. The number of carbonyl (C=O) groups is 1. The molecular formula is C27H24N2O3S. The normalized spacial score (nSPS) is 12.7. The predicted octanol–water partition coefficient (Wildman–Crippen LogP) is 5.32. The summed E-state index contributed by atoms with van der Waals surface area (Å²) in [6.07, 6.45) is 2.02. The highest BCUT2D eigenvalue weighted by Crippen LogP contribution is 2.35. The molecule has 0 fully saturated rings. The van der Waals surface area contributed by atoms with Crippen molar-refractivity contribution in [1.29, 1.82) is 0 Å². The Bertz CT molecular complexity index is 1480. The van der Waals surface area contributed by atoms with Gasteiger partial charge in [0.2, 0.25) is 0 Å². The second kappa shape index (κ2) is 8.05. The van der Waals surface area contributed by atoms with E-state index in [1.807, 2.05) is 25.1 Å². The van der Waals surface area contributed by atoms with Gasteiger partial charge in [-0.1, -0.05) is 54.1 Å². The molecule has 0 saturated carbocycles. The largest absolute Gasteiger partial charge is 0.321 e. The van der Waals surface area contributed by atoms with Crippen molar-refractivity contribution >= 4 is 38.1 Å². The topological polar surface area (TPSA) is 66.5 Å². The molecule has 0 spiro atoms. The van der Waals surface area contributed by atoms with Gasteiger partial charge in [0.1, 0.15) is 0 Å². The van der Waals surface area contributed by atoms with Crippen molar-refractivity contribution in [3.8, 4) is 0 Å². The lowest BCUT2D eigenvalue weighted by molar-refractivity contribution is 0.102. The molecule has 0 atom stereocenters. The van der Waals surface area contributed by atoms with Gasteiger partial charge in [-0.25, -0.2) is 8.42 Å². The van der Waals surface area contributed by atoms with Gasteiger partial charge in [0, 0.05) is 18.1 Å². The van der Waals surface area contributed by atoms with E-state index in [1.54, 1.807) is 48.5 Å². The van der Waals surface area contributed by atoms with E-state index in [0.29, 0.717) is 11.3 Å². The zero-order chi connectivity index (χ0) is 23.2. The first-order chi connectivity index (χ1) is 15.9. The first-order valence-corrected chi connectivity index (χ1v) is 12.3. The second-order valence-electron chi connectivity index (χ2n) is 8.37. The molecule has 4 aromatic rings. The molecule has 0 saturated heterocycles. The smallest absolute Gasteiger partial charge is 0.264 e. The number of carbonyl (C=O) groups excluding carboxylic acids is 1. The summed E-state index contributed by atoms with van der Waals surface area (Å²) in [5, 5.41) is 5.24. The van der Waals surface area contributed by atoms with E-state index >= 15 is 0 Å². The second-order valence-corrected chi connectivity index (χ2v) is 10.3. The third-order valence-corrected chi connectivity index (χ3v) is 8.08. The molecule has 1 aliphatic rings. The zero-order valence-electron chi connectivity index (χ0n) is 18.5. The predicted molar refractivity (Wildman–Crippen MR) is 133 cm³/mol. The first-order valence-electron chi connectivity index (χ1n) is 10.9. The van der Waals surface area contributed by atoms with Crippen LogP contribution in [-0.2, 0) is 22.9 Å². The maximum atomic E-state index is 13.3. The fourth-order valence-corrected chi connectivity index (χ4v) is 5.70. The molecule has 0 bridgehead atoms. The molecule has 4 aromatic carbocycles. The van der Waals surface area contributed by atoms with E-state index in [2.05, 4.69) is 17.4 Å². The van der Waals surface area contributed by atoms with Gasteiger partial charge in [0.25, 0.3) is 15.9 Å². The van der Waals surface area contributed by atoms with Crippen molar-refractivity contribution in [2.75, 3.05) is 16.7 Å². The average molecular weight is 457 g/mol. The number of hydrogen-bond acceptors (Lipinski definition) is 3. The van der Waals surface area contributed by atoms with Crippen LogP contribution in [0.2, 0.25) is 0 Å². The minimum atomic E-state index is -3.82. The molecule has 5 nitrogen and oxygen atoms in total. The van der Waals surface area contributed by atoms with Gasteiger partial charge in [-0.15, -0.1) is 0 Å². The van der Waals surface area contributed by atoms with Crippen molar-refractivity contribution in [3.05, 3.63) is 101 Å². The Kier molecular flexibility index (Phi) is 5.17. The minimum Gasteiger partial charge on any atom is -0.321 e. The lowest BCUT2D eigenvalue weighted by Crippen LogP contribution is -2.29. The lowest BCUT2D eigenvalue weighted by Gasteiger charge is -2.22. The molecule has 1 N–H and O–H groups in total. The average Bonchev–Trinajstić information content (AvgIpc) is 3.25. The number of sulfonamides is 1. The summed E-state index contributed by atoms with van der Waals surface area (Å²) in [5.41, 5.74) is 4.90. The first kappa shape index (κ1) is 21.2. The van der Waals surface area contributed by atoms with E-state index in [4.69, 9.17) is 0 Å². The van der Waals surface area contributed by atoms with Crippen LogP contribution in [0.25, 0.3) is 10.8 Å². The van der Waals surface area contributed by atoms with Gasteiger partial charge >= 0.3 is 0 Å². The van der Waals surface area contributed by atoms with Crippen LogP contribution in [0.1, 0.15) is 27.0 Å². The van der Waals surface area contributed by atoms with Gasteiger partial charge in [-0.05, 0) is 66.6 Å². The van der Waals surface area contributed by atoms with E-state index < -0.39 is 10.0 Å². The SMILES string of the molecule is Cc1ccc(S(=O)(=O)N(C)c2ccccc2C(=O)Nc2ccc3c4c(cccc24)CC3)cc1. The number of nitrogens with zero attached hydrogens (tertiary/aromatic N) is 1. The molecule has 33 heavy (non-hydrogen) atoms. The molecule has 0 aromatic heterocycles. The monoisotopic (exact) mass is 456 g/mol. The van der Waals surface area contributed by atoms with E-state index in [0.717, 1.165) is 29.5 Å². The summed E-state index contributed by atoms with van der Waals surface area (Å²) >= 11 is 0. The summed E-state index contributed by atoms with van der Waals surface area (Å²) in [6, 6.07) is 23.6. The third-order valence-electron chi connectivity index (χ3n) is 6.29. The van der Waals surface area contributed by atoms with Crippen molar-refractivity contribution in [3.63, 3.8) is 0 Å². The highest BCUT2D eigenvalue weighted by atomic mass is 32.2. The quantitative estimate of drug-likeness (QED) is 0.442. The molecule has 0 unspecified atom stereocenters. The van der Waals surface area contributed by atoms with E-state index in [1.165, 1.54) is 27.9 Å². The van der Waals surface area contributed by atoms with Crippen LogP contribution in [-0.4, -0.2) is 21.4 Å². The number of anilines is 2. The van der Waals surface area contributed by atoms with Gasteiger partial charge in [0.15, 0.2) is 0 Å². The highest BCUT2D eigenvalue weighted by molar-refractivity contribution is 7.92. The Balaban J connectivity index is 1.50. The maximum Gasteiger partial charge on any atom is 0.264 e. The van der Waals surface area contributed by atoms with Crippen LogP contribution < -0.4 is 9.62 Å².